The van der Waals surface area contributed by atoms with Crippen molar-refractivity contribution in [2.45, 2.75) is 16.3 Å². The fraction of sp³-hybridized carbons (Fsp3) is 0.136. The van der Waals surface area contributed by atoms with Crippen LogP contribution in [0.15, 0.2) is 76.5 Å². The van der Waals surface area contributed by atoms with E-state index in [9.17, 15) is 4.79 Å². The van der Waals surface area contributed by atoms with Crippen molar-refractivity contribution in [3.63, 3.8) is 0 Å². The number of benzene rings is 3. The molecule has 0 saturated carbocycles. The fourth-order valence-electron chi connectivity index (χ4n) is 3.27. The number of carbonyl (C=O) groups excluding carboxylic acids is 1. The molecule has 2 amide bonds. The van der Waals surface area contributed by atoms with Crippen LogP contribution in [-0.4, -0.2) is 20.3 Å². The standard InChI is InChI=1S/C22H20N2O3S/c1-26-18-11-7-8-15(21(18)27-2)14-23-22(25)24-16-9-3-5-12-19(16)28-20-13-6-4-10-17(20)24/h3-13H,14H2,1-2H3,(H,23,25). The molecule has 1 aliphatic rings. The van der Waals surface area contributed by atoms with E-state index in [4.69, 9.17) is 9.47 Å². The Morgan fingerprint density at radius 2 is 1.54 bits per heavy atom. The number of urea groups is 1. The van der Waals surface area contributed by atoms with E-state index in [1.165, 1.54) is 0 Å². The first kappa shape index (κ1) is 18.3. The highest BCUT2D eigenvalue weighted by Gasteiger charge is 2.27. The molecule has 0 fully saturated rings. The summed E-state index contributed by atoms with van der Waals surface area (Å²) in [6.07, 6.45) is 0. The number of hydrogen-bond acceptors (Lipinski definition) is 4. The maximum atomic E-state index is 13.2. The van der Waals surface area contributed by atoms with E-state index in [2.05, 4.69) is 5.32 Å². The smallest absolute Gasteiger partial charge is 0.326 e. The third kappa shape index (κ3) is 3.27. The number of ether oxygens (including phenoxy) is 2. The zero-order chi connectivity index (χ0) is 19.5. The van der Waals surface area contributed by atoms with E-state index in [0.717, 1.165) is 26.7 Å². The Labute approximate surface area is 168 Å². The molecule has 4 rings (SSSR count). The fourth-order valence-corrected chi connectivity index (χ4v) is 4.32. The Bertz CT molecular complexity index is 977. The SMILES string of the molecule is COc1cccc(CNC(=O)N2c3ccccc3Sc3ccccc32)c1OC. The first-order valence-electron chi connectivity index (χ1n) is 8.86. The lowest BCUT2D eigenvalue weighted by Crippen LogP contribution is -2.37. The minimum atomic E-state index is -0.190. The van der Waals surface area contributed by atoms with Crippen molar-refractivity contribution in [2.75, 3.05) is 19.1 Å². The lowest BCUT2D eigenvalue weighted by molar-refractivity contribution is 0.248. The topological polar surface area (TPSA) is 50.8 Å². The van der Waals surface area contributed by atoms with Crippen LogP contribution in [0.2, 0.25) is 0 Å². The molecule has 1 aliphatic heterocycles. The summed E-state index contributed by atoms with van der Waals surface area (Å²) in [5.41, 5.74) is 2.60. The van der Waals surface area contributed by atoms with Gasteiger partial charge in [-0.15, -0.1) is 0 Å². The molecule has 3 aromatic rings. The van der Waals surface area contributed by atoms with Crippen LogP contribution in [-0.2, 0) is 6.54 Å². The summed E-state index contributed by atoms with van der Waals surface area (Å²) in [6, 6.07) is 21.3. The molecule has 0 aliphatic carbocycles. The minimum Gasteiger partial charge on any atom is -0.493 e. The van der Waals surface area contributed by atoms with Gasteiger partial charge in [0.05, 0.1) is 25.6 Å². The molecule has 28 heavy (non-hydrogen) atoms. The van der Waals surface area contributed by atoms with Gasteiger partial charge in [-0.25, -0.2) is 4.79 Å². The number of carbonyl (C=O) groups is 1. The second-order valence-corrected chi connectivity index (χ2v) is 7.27. The predicted molar refractivity (Wildman–Crippen MR) is 111 cm³/mol. The Balaban J connectivity index is 1.63. The van der Waals surface area contributed by atoms with Crippen LogP contribution in [0, 0.1) is 0 Å². The third-order valence-corrected chi connectivity index (χ3v) is 5.68. The molecule has 0 bridgehead atoms. The van der Waals surface area contributed by atoms with Gasteiger partial charge in [-0.3, -0.25) is 4.90 Å². The summed E-state index contributed by atoms with van der Waals surface area (Å²) in [6.45, 7) is 0.327. The van der Waals surface area contributed by atoms with Crippen LogP contribution in [0.5, 0.6) is 11.5 Å². The second kappa shape index (κ2) is 7.86. The molecule has 1 N–H and O–H groups in total. The van der Waals surface area contributed by atoms with Crippen molar-refractivity contribution < 1.29 is 14.3 Å². The summed E-state index contributed by atoms with van der Waals surface area (Å²) in [5.74, 6) is 1.26. The summed E-state index contributed by atoms with van der Waals surface area (Å²) in [5, 5.41) is 3.02. The molecule has 3 aromatic carbocycles. The zero-order valence-corrected chi connectivity index (χ0v) is 16.5. The molecule has 142 valence electrons. The monoisotopic (exact) mass is 392 g/mol. The average Bonchev–Trinajstić information content (AvgIpc) is 2.75. The molecule has 0 unspecified atom stereocenters. The first-order chi connectivity index (χ1) is 13.7. The van der Waals surface area contributed by atoms with Crippen LogP contribution in [0.25, 0.3) is 0 Å². The quantitative estimate of drug-likeness (QED) is 0.662. The number of amides is 2. The van der Waals surface area contributed by atoms with Crippen molar-refractivity contribution >= 4 is 29.2 Å². The highest BCUT2D eigenvalue weighted by atomic mass is 32.2. The molecular formula is C22H20N2O3S. The van der Waals surface area contributed by atoms with Gasteiger partial charge in [-0.2, -0.15) is 0 Å². The summed E-state index contributed by atoms with van der Waals surface area (Å²) >= 11 is 1.67. The number of anilines is 2. The maximum absolute atomic E-state index is 13.2. The average molecular weight is 392 g/mol. The number of hydrogen-bond donors (Lipinski definition) is 1. The van der Waals surface area contributed by atoms with Gasteiger partial charge in [-0.05, 0) is 30.3 Å². The van der Waals surface area contributed by atoms with Gasteiger partial charge in [0, 0.05) is 21.9 Å². The molecular weight excluding hydrogens is 372 g/mol. The van der Waals surface area contributed by atoms with Crippen molar-refractivity contribution in [3.8, 4) is 11.5 Å². The molecule has 5 nitrogen and oxygen atoms in total. The zero-order valence-electron chi connectivity index (χ0n) is 15.6. The van der Waals surface area contributed by atoms with Crippen LogP contribution >= 0.6 is 11.8 Å². The summed E-state index contributed by atoms with van der Waals surface area (Å²) in [7, 11) is 3.19. The number of methoxy groups -OCH3 is 2. The van der Waals surface area contributed by atoms with E-state index >= 15 is 0 Å². The van der Waals surface area contributed by atoms with Gasteiger partial charge in [0.2, 0.25) is 0 Å². The number of nitrogens with zero attached hydrogens (tertiary/aromatic N) is 1. The molecule has 6 heteroatoms. The number of fused-ring (bicyclic) bond motifs is 2. The van der Waals surface area contributed by atoms with Gasteiger partial charge >= 0.3 is 6.03 Å². The van der Waals surface area contributed by atoms with E-state index in [1.807, 2.05) is 66.7 Å². The van der Waals surface area contributed by atoms with Gasteiger partial charge in [0.1, 0.15) is 0 Å². The van der Waals surface area contributed by atoms with Gasteiger partial charge < -0.3 is 14.8 Å². The Hall–Kier alpha value is -3.12. The van der Waals surface area contributed by atoms with E-state index in [-0.39, 0.29) is 6.03 Å². The van der Waals surface area contributed by atoms with Crippen molar-refractivity contribution in [3.05, 3.63) is 72.3 Å². The van der Waals surface area contributed by atoms with Crippen LogP contribution in [0.4, 0.5) is 16.2 Å². The van der Waals surface area contributed by atoms with Crippen LogP contribution < -0.4 is 19.7 Å². The summed E-state index contributed by atoms with van der Waals surface area (Å²) < 4.78 is 10.8. The largest absolute Gasteiger partial charge is 0.493 e. The van der Waals surface area contributed by atoms with E-state index in [0.29, 0.717) is 18.0 Å². The van der Waals surface area contributed by atoms with Crippen LogP contribution in [0.3, 0.4) is 0 Å². The highest BCUT2D eigenvalue weighted by Crippen LogP contribution is 2.47. The normalized spacial score (nSPS) is 12.0. The van der Waals surface area contributed by atoms with Crippen molar-refractivity contribution in [1.29, 1.82) is 0 Å². The predicted octanol–water partition coefficient (Wildman–Crippen LogP) is 5.22. The number of nitrogens with one attached hydrogen (secondary N) is 1. The van der Waals surface area contributed by atoms with E-state index in [1.54, 1.807) is 30.9 Å². The first-order valence-corrected chi connectivity index (χ1v) is 9.68. The van der Waals surface area contributed by atoms with Gasteiger partial charge in [0.25, 0.3) is 0 Å². The molecule has 0 radical (unpaired) electrons. The van der Waals surface area contributed by atoms with Crippen molar-refractivity contribution in [2.24, 2.45) is 0 Å². The molecule has 0 spiro atoms. The second-order valence-electron chi connectivity index (χ2n) is 6.18. The Morgan fingerprint density at radius 3 is 2.14 bits per heavy atom. The lowest BCUT2D eigenvalue weighted by atomic mass is 10.2. The number of para-hydroxylation sites is 3. The Morgan fingerprint density at radius 1 is 0.893 bits per heavy atom. The Kier molecular flexibility index (Phi) is 5.12. The maximum Gasteiger partial charge on any atom is 0.326 e. The molecule has 0 atom stereocenters. The van der Waals surface area contributed by atoms with Crippen molar-refractivity contribution in [1.82, 2.24) is 5.32 Å². The number of rotatable bonds is 4. The van der Waals surface area contributed by atoms with Crippen LogP contribution in [0.1, 0.15) is 5.56 Å². The van der Waals surface area contributed by atoms with E-state index < -0.39 is 0 Å². The highest BCUT2D eigenvalue weighted by molar-refractivity contribution is 7.99. The minimum absolute atomic E-state index is 0.190. The molecule has 0 aromatic heterocycles. The molecule has 1 heterocycles. The third-order valence-electron chi connectivity index (χ3n) is 4.55. The van der Waals surface area contributed by atoms with Gasteiger partial charge in [-0.1, -0.05) is 48.2 Å². The lowest BCUT2D eigenvalue weighted by Gasteiger charge is -2.31. The molecule has 0 saturated heterocycles. The summed E-state index contributed by atoms with van der Waals surface area (Å²) in [4.78, 5) is 17.0. The van der Waals surface area contributed by atoms with Gasteiger partial charge in [0.15, 0.2) is 11.5 Å².